The Balaban J connectivity index is 1.64. The number of anilines is 1. The number of rotatable bonds is 10. The van der Waals surface area contributed by atoms with Crippen LogP contribution in [-0.4, -0.2) is 77.7 Å². The van der Waals surface area contributed by atoms with Crippen LogP contribution in [0.3, 0.4) is 0 Å². The third-order valence-corrected chi connectivity index (χ3v) is 4.73. The molecule has 3 rings (SSSR count). The number of aromatic nitrogens is 2. The molecule has 0 aliphatic heterocycles. The van der Waals surface area contributed by atoms with Gasteiger partial charge in [0, 0.05) is 36.1 Å². The molecule has 12 heteroatoms. The number of hydrogen-bond donors (Lipinski definition) is 3. The lowest BCUT2D eigenvalue weighted by atomic mass is 10.1. The summed E-state index contributed by atoms with van der Waals surface area (Å²) in [4.78, 5) is 23.3. The summed E-state index contributed by atoms with van der Waals surface area (Å²) in [7, 11) is 1.88. The number of benzene rings is 1. The zero-order chi connectivity index (χ0) is 24.6. The molecule has 0 unspecified atom stereocenters. The molecule has 0 saturated heterocycles. The molecule has 2 amide bonds. The molecule has 0 aliphatic rings. The largest absolute Gasteiger partial charge is 0.405 e. The highest BCUT2D eigenvalue weighted by atomic mass is 19.4. The fourth-order valence-corrected chi connectivity index (χ4v) is 3.03. The van der Waals surface area contributed by atoms with Crippen LogP contribution in [-0.2, 0) is 4.84 Å². The lowest BCUT2D eigenvalue weighted by Crippen LogP contribution is -2.36. The number of nitrogens with zero attached hydrogens (tertiary/aromatic N) is 4. The van der Waals surface area contributed by atoms with Crippen LogP contribution < -0.4 is 10.6 Å². The summed E-state index contributed by atoms with van der Waals surface area (Å²) in [5.74, 6) is 0. The normalized spacial score (nSPS) is 11.9. The summed E-state index contributed by atoms with van der Waals surface area (Å²) in [6.07, 6.45) is 0.559. The molecule has 182 valence electrons. The van der Waals surface area contributed by atoms with E-state index in [-0.39, 0.29) is 6.61 Å². The van der Waals surface area contributed by atoms with Crippen LogP contribution in [0.25, 0.3) is 16.9 Å². The van der Waals surface area contributed by atoms with Crippen LogP contribution in [0.4, 0.5) is 23.7 Å². The number of amides is 2. The first-order chi connectivity index (χ1) is 16.2. The van der Waals surface area contributed by atoms with Crippen molar-refractivity contribution in [3.63, 3.8) is 0 Å². The van der Waals surface area contributed by atoms with Gasteiger partial charge in [0.1, 0.15) is 18.8 Å². The van der Waals surface area contributed by atoms with Gasteiger partial charge in [-0.1, -0.05) is 17.3 Å². The number of likely N-dealkylation sites (N-methyl/N-ethyl adjacent to an activating group) is 1. The van der Waals surface area contributed by atoms with Crippen molar-refractivity contribution in [3.8, 4) is 11.3 Å². The van der Waals surface area contributed by atoms with E-state index in [1.54, 1.807) is 42.0 Å². The Morgan fingerprint density at radius 3 is 2.88 bits per heavy atom. The number of carbonyl (C=O) groups excluding carboxylic acids is 1. The van der Waals surface area contributed by atoms with E-state index >= 15 is 0 Å². The fourth-order valence-electron chi connectivity index (χ4n) is 3.03. The zero-order valence-electron chi connectivity index (χ0n) is 18.4. The fraction of sp³-hybridized carbons (Fsp3) is 0.318. The van der Waals surface area contributed by atoms with Crippen molar-refractivity contribution in [1.82, 2.24) is 19.6 Å². The maximum atomic E-state index is 12.3. The molecule has 0 radical (unpaired) electrons. The first-order valence-electron chi connectivity index (χ1n) is 10.4. The molecule has 0 aliphatic carbocycles. The average Bonchev–Trinajstić information content (AvgIpc) is 3.21. The van der Waals surface area contributed by atoms with Gasteiger partial charge < -0.3 is 25.5 Å². The van der Waals surface area contributed by atoms with Gasteiger partial charge in [0.25, 0.3) is 0 Å². The Kier molecular flexibility index (Phi) is 8.44. The number of fused-ring (bicyclic) bond motifs is 1. The van der Waals surface area contributed by atoms with Gasteiger partial charge in [-0.25, -0.2) is 9.78 Å². The highest BCUT2D eigenvalue weighted by Crippen LogP contribution is 2.24. The zero-order valence-corrected chi connectivity index (χ0v) is 18.4. The number of carbonyl (C=O) groups is 1. The van der Waals surface area contributed by atoms with E-state index in [0.29, 0.717) is 31.0 Å². The molecule has 0 saturated carbocycles. The topological polar surface area (TPSA) is 103 Å². The van der Waals surface area contributed by atoms with Crippen molar-refractivity contribution in [2.24, 2.45) is 5.16 Å². The number of urea groups is 1. The van der Waals surface area contributed by atoms with Crippen LogP contribution in [0, 0.1) is 0 Å². The number of alkyl halides is 3. The maximum absolute atomic E-state index is 12.3. The van der Waals surface area contributed by atoms with Crippen molar-refractivity contribution >= 4 is 23.6 Å². The number of imidazole rings is 1. The van der Waals surface area contributed by atoms with Gasteiger partial charge in [0.2, 0.25) is 0 Å². The number of oxime groups is 1. The van der Waals surface area contributed by atoms with Gasteiger partial charge in [-0.05, 0) is 31.3 Å². The number of pyridine rings is 1. The van der Waals surface area contributed by atoms with Crippen LogP contribution in [0.2, 0.25) is 0 Å². The second-order valence-electron chi connectivity index (χ2n) is 7.43. The van der Waals surface area contributed by atoms with Crippen molar-refractivity contribution in [3.05, 3.63) is 54.4 Å². The van der Waals surface area contributed by atoms with Crippen molar-refractivity contribution in [1.29, 1.82) is 0 Å². The van der Waals surface area contributed by atoms with Crippen molar-refractivity contribution < 1.29 is 27.9 Å². The summed E-state index contributed by atoms with van der Waals surface area (Å²) in [5, 5.41) is 17.0. The van der Waals surface area contributed by atoms with Crippen LogP contribution in [0.15, 0.2) is 53.9 Å². The van der Waals surface area contributed by atoms with Gasteiger partial charge in [0.05, 0.1) is 24.7 Å². The smallest absolute Gasteiger partial charge is 0.395 e. The summed E-state index contributed by atoms with van der Waals surface area (Å²) >= 11 is 0. The molecule has 0 atom stereocenters. The molecule has 1 aromatic carbocycles. The summed E-state index contributed by atoms with van der Waals surface area (Å²) in [6.45, 7) is 0.267. The van der Waals surface area contributed by atoms with E-state index in [2.05, 4.69) is 15.5 Å². The molecule has 3 aromatic rings. The lowest BCUT2D eigenvalue weighted by Gasteiger charge is -2.13. The van der Waals surface area contributed by atoms with E-state index in [1.807, 2.05) is 34.7 Å². The minimum atomic E-state index is -4.48. The van der Waals surface area contributed by atoms with E-state index in [1.165, 1.54) is 0 Å². The third-order valence-electron chi connectivity index (χ3n) is 4.73. The van der Waals surface area contributed by atoms with Crippen molar-refractivity contribution in [2.45, 2.75) is 6.18 Å². The van der Waals surface area contributed by atoms with Gasteiger partial charge in [-0.15, -0.1) is 0 Å². The van der Waals surface area contributed by atoms with Crippen LogP contribution >= 0.6 is 0 Å². The van der Waals surface area contributed by atoms with E-state index in [0.717, 1.165) is 16.8 Å². The Morgan fingerprint density at radius 2 is 2.12 bits per heavy atom. The van der Waals surface area contributed by atoms with Crippen LogP contribution in [0.5, 0.6) is 0 Å². The Hall–Kier alpha value is -3.64. The highest BCUT2D eigenvalue weighted by Gasteiger charge is 2.27. The minimum absolute atomic E-state index is 0.0875. The number of nitrogens with one attached hydrogen (secondary N) is 2. The molecule has 0 fully saturated rings. The molecular formula is C22H25F3N6O3. The first-order valence-corrected chi connectivity index (χ1v) is 10.4. The monoisotopic (exact) mass is 478 g/mol. The molecule has 3 N–H and O–H groups in total. The van der Waals surface area contributed by atoms with E-state index < -0.39 is 18.8 Å². The van der Waals surface area contributed by atoms with E-state index in [4.69, 9.17) is 9.94 Å². The first kappa shape index (κ1) is 25.0. The Morgan fingerprint density at radius 1 is 1.29 bits per heavy atom. The summed E-state index contributed by atoms with van der Waals surface area (Å²) in [6, 6.07) is 9.42. The lowest BCUT2D eigenvalue weighted by molar-refractivity contribution is -0.122. The molecule has 2 heterocycles. The highest BCUT2D eigenvalue weighted by molar-refractivity contribution is 5.90. The molecule has 0 spiro atoms. The molecule has 2 aromatic heterocycles. The van der Waals surface area contributed by atoms with Gasteiger partial charge in [-0.2, -0.15) is 13.2 Å². The number of aliphatic hydroxyl groups excluding tert-OH is 1. The average molecular weight is 478 g/mol. The molecule has 0 bridgehead atoms. The number of aliphatic hydroxyl groups is 1. The van der Waals surface area contributed by atoms with Gasteiger partial charge in [-0.3, -0.25) is 4.40 Å². The van der Waals surface area contributed by atoms with Crippen molar-refractivity contribution in [2.75, 3.05) is 45.2 Å². The number of halogens is 3. The van der Waals surface area contributed by atoms with E-state index in [9.17, 15) is 18.0 Å². The quantitative estimate of drug-likeness (QED) is 0.236. The minimum Gasteiger partial charge on any atom is -0.395 e. The van der Waals surface area contributed by atoms with Gasteiger partial charge >= 0.3 is 12.2 Å². The predicted octanol–water partition coefficient (Wildman–Crippen LogP) is 2.96. The number of hydrogen-bond acceptors (Lipinski definition) is 6. The SMILES string of the molecule is CN(CCO)CCO/N=C/c1ccn2c(-c3cccc(NC(=O)NCC(F)(F)F)c3)cnc2c1. The second kappa shape index (κ2) is 11.5. The van der Waals surface area contributed by atoms with Gasteiger partial charge in [0.15, 0.2) is 0 Å². The molecule has 9 nitrogen and oxygen atoms in total. The van der Waals surface area contributed by atoms with Crippen LogP contribution in [0.1, 0.15) is 5.56 Å². The predicted molar refractivity (Wildman–Crippen MR) is 122 cm³/mol. The Labute approximate surface area is 193 Å². The second-order valence-corrected chi connectivity index (χ2v) is 7.43. The molecular weight excluding hydrogens is 453 g/mol. The third kappa shape index (κ3) is 7.46. The summed E-state index contributed by atoms with van der Waals surface area (Å²) in [5.41, 5.74) is 3.24. The summed E-state index contributed by atoms with van der Waals surface area (Å²) < 4.78 is 38.6. The Bertz CT molecular complexity index is 1130. The maximum Gasteiger partial charge on any atom is 0.405 e. The molecule has 34 heavy (non-hydrogen) atoms. The standard InChI is InChI=1S/C22H25F3N6O3/c1-30(7-9-32)8-10-34-28-13-16-5-6-31-19(14-26-20(31)11-16)17-3-2-4-18(12-17)29-21(33)27-15-22(23,24)25/h2-6,11-14,32H,7-10,15H2,1H3,(H2,27,29,33)/b28-13+.